The zero-order valence-electron chi connectivity index (χ0n) is 10.7. The first-order valence-corrected chi connectivity index (χ1v) is 7.29. The molecule has 0 radical (unpaired) electrons. The minimum Gasteiger partial charge on any atom is -0.334 e. The van der Waals surface area contributed by atoms with E-state index in [1.807, 2.05) is 0 Å². The molecule has 1 aromatic rings. The van der Waals surface area contributed by atoms with Crippen LogP contribution < -0.4 is 5.32 Å². The smallest absolute Gasteiger partial charge is 0.254 e. The second-order valence-corrected chi connectivity index (χ2v) is 5.87. The molecule has 1 amide bonds. The number of carbonyl (C=O) groups excluding carboxylic acids is 1. The van der Waals surface area contributed by atoms with Crippen LogP contribution in [0, 0.1) is 11.3 Å². The van der Waals surface area contributed by atoms with Gasteiger partial charge >= 0.3 is 0 Å². The van der Waals surface area contributed by atoms with Gasteiger partial charge in [-0.15, -0.1) is 0 Å². The van der Waals surface area contributed by atoms with Crippen LogP contribution in [0.5, 0.6) is 0 Å². The number of rotatable bonds is 2. The lowest BCUT2D eigenvalue weighted by Gasteiger charge is -2.26. The van der Waals surface area contributed by atoms with Crippen molar-refractivity contribution >= 4 is 21.8 Å². The van der Waals surface area contributed by atoms with Crippen molar-refractivity contribution in [2.24, 2.45) is 0 Å². The Bertz CT molecular complexity index is 502. The van der Waals surface area contributed by atoms with Gasteiger partial charge in [-0.25, -0.2) is 0 Å². The van der Waals surface area contributed by atoms with Crippen molar-refractivity contribution in [2.45, 2.75) is 44.1 Å². The zero-order valence-corrected chi connectivity index (χ0v) is 12.2. The van der Waals surface area contributed by atoms with Gasteiger partial charge in [0, 0.05) is 16.9 Å². The summed E-state index contributed by atoms with van der Waals surface area (Å²) in [6.45, 7) is 0. The fourth-order valence-corrected chi connectivity index (χ4v) is 2.79. The quantitative estimate of drug-likeness (QED) is 0.851. The standard InChI is InChI=1S/C14H16BrN3O/c15-12-7-11(8-17-9-12)13(19)18-14(10-16)5-3-1-2-4-6-14/h7-9H,1-6H2,(H,18,19). The van der Waals surface area contributed by atoms with Crippen molar-refractivity contribution in [3.63, 3.8) is 0 Å². The van der Waals surface area contributed by atoms with Crippen molar-refractivity contribution < 1.29 is 4.79 Å². The maximum absolute atomic E-state index is 12.2. The molecule has 1 aliphatic carbocycles. The van der Waals surface area contributed by atoms with E-state index in [1.54, 1.807) is 12.3 Å². The number of hydrogen-bond donors (Lipinski definition) is 1. The molecule has 0 atom stereocenters. The number of amides is 1. The molecule has 5 heteroatoms. The van der Waals surface area contributed by atoms with Crippen LogP contribution in [0.25, 0.3) is 0 Å². The maximum Gasteiger partial charge on any atom is 0.254 e. The Kier molecular flexibility index (Phi) is 4.54. The van der Waals surface area contributed by atoms with Crippen LogP contribution in [0.3, 0.4) is 0 Å². The average Bonchev–Trinajstić information content (AvgIpc) is 2.65. The van der Waals surface area contributed by atoms with Crippen LogP contribution in [0.15, 0.2) is 22.9 Å². The molecule has 19 heavy (non-hydrogen) atoms. The van der Waals surface area contributed by atoms with E-state index in [9.17, 15) is 10.1 Å². The Balaban J connectivity index is 2.14. The number of carbonyl (C=O) groups is 1. The topological polar surface area (TPSA) is 65.8 Å². The SMILES string of the molecule is N#CC1(NC(=O)c2cncc(Br)c2)CCCCCC1. The number of nitrogens with one attached hydrogen (secondary N) is 1. The number of aromatic nitrogens is 1. The van der Waals surface area contributed by atoms with Gasteiger partial charge in [0.2, 0.25) is 0 Å². The molecule has 0 aliphatic heterocycles. The molecule has 0 aromatic carbocycles. The van der Waals surface area contributed by atoms with Crippen molar-refractivity contribution in [3.8, 4) is 6.07 Å². The van der Waals surface area contributed by atoms with Gasteiger partial charge in [-0.3, -0.25) is 9.78 Å². The predicted octanol–water partition coefficient (Wildman–Crippen LogP) is 3.19. The van der Waals surface area contributed by atoms with E-state index in [4.69, 9.17) is 0 Å². The highest BCUT2D eigenvalue weighted by atomic mass is 79.9. The molecule has 2 rings (SSSR count). The molecular weight excluding hydrogens is 306 g/mol. The molecule has 1 heterocycles. The molecular formula is C14H16BrN3O. The normalized spacial score (nSPS) is 18.1. The van der Waals surface area contributed by atoms with E-state index in [1.165, 1.54) is 6.20 Å². The first-order chi connectivity index (χ1) is 9.15. The van der Waals surface area contributed by atoms with E-state index in [-0.39, 0.29) is 5.91 Å². The van der Waals surface area contributed by atoms with E-state index >= 15 is 0 Å². The van der Waals surface area contributed by atoms with Gasteiger partial charge < -0.3 is 5.32 Å². The van der Waals surface area contributed by atoms with Gasteiger partial charge in [-0.1, -0.05) is 25.7 Å². The van der Waals surface area contributed by atoms with Gasteiger partial charge in [0.05, 0.1) is 11.6 Å². The first-order valence-electron chi connectivity index (χ1n) is 6.49. The fraction of sp³-hybridized carbons (Fsp3) is 0.500. The number of halogens is 1. The largest absolute Gasteiger partial charge is 0.334 e. The summed E-state index contributed by atoms with van der Waals surface area (Å²) in [5, 5.41) is 12.3. The van der Waals surface area contributed by atoms with Crippen molar-refractivity contribution in [2.75, 3.05) is 0 Å². The second-order valence-electron chi connectivity index (χ2n) is 4.95. The molecule has 1 saturated carbocycles. The van der Waals surface area contributed by atoms with Crippen molar-refractivity contribution in [1.29, 1.82) is 5.26 Å². The summed E-state index contributed by atoms with van der Waals surface area (Å²) in [6, 6.07) is 4.02. The van der Waals surface area contributed by atoms with E-state index in [2.05, 4.69) is 32.3 Å². The summed E-state index contributed by atoms with van der Waals surface area (Å²) in [6.07, 6.45) is 8.86. The minimum atomic E-state index is -0.712. The average molecular weight is 322 g/mol. The van der Waals surface area contributed by atoms with E-state index < -0.39 is 5.54 Å². The molecule has 100 valence electrons. The number of nitriles is 1. The lowest BCUT2D eigenvalue weighted by molar-refractivity contribution is 0.0912. The maximum atomic E-state index is 12.2. The second kappa shape index (κ2) is 6.16. The third-order valence-corrected chi connectivity index (χ3v) is 3.92. The van der Waals surface area contributed by atoms with Crippen LogP contribution >= 0.6 is 15.9 Å². The zero-order chi connectivity index (χ0) is 13.7. The Morgan fingerprint density at radius 3 is 2.58 bits per heavy atom. The highest BCUT2D eigenvalue weighted by Crippen LogP contribution is 2.27. The lowest BCUT2D eigenvalue weighted by atomic mass is 9.91. The molecule has 4 nitrogen and oxygen atoms in total. The molecule has 1 aromatic heterocycles. The fourth-order valence-electron chi connectivity index (χ4n) is 2.42. The van der Waals surface area contributed by atoms with E-state index in [0.29, 0.717) is 5.56 Å². The summed E-state index contributed by atoms with van der Waals surface area (Å²) >= 11 is 3.29. The first kappa shape index (κ1) is 14.0. The Labute approximate surface area is 121 Å². The summed E-state index contributed by atoms with van der Waals surface area (Å²) in [4.78, 5) is 16.2. The van der Waals surface area contributed by atoms with Crippen molar-refractivity contribution in [3.05, 3.63) is 28.5 Å². The predicted molar refractivity (Wildman–Crippen MR) is 75.4 cm³/mol. The highest BCUT2D eigenvalue weighted by molar-refractivity contribution is 9.10. The third kappa shape index (κ3) is 3.54. The summed E-state index contributed by atoms with van der Waals surface area (Å²) in [5.41, 5.74) is -0.233. The molecule has 1 aliphatic rings. The van der Waals surface area contributed by atoms with Gasteiger partial charge in [0.1, 0.15) is 5.54 Å². The Hall–Kier alpha value is -1.41. The van der Waals surface area contributed by atoms with Crippen LogP contribution in [0.1, 0.15) is 48.9 Å². The van der Waals surface area contributed by atoms with Crippen molar-refractivity contribution in [1.82, 2.24) is 10.3 Å². The third-order valence-electron chi connectivity index (χ3n) is 3.49. The molecule has 0 spiro atoms. The van der Waals surface area contributed by atoms with Crippen LogP contribution in [-0.4, -0.2) is 16.4 Å². The molecule has 0 saturated heterocycles. The monoisotopic (exact) mass is 321 g/mol. The summed E-state index contributed by atoms with van der Waals surface area (Å²) in [5.74, 6) is -0.225. The lowest BCUT2D eigenvalue weighted by Crippen LogP contribution is -2.47. The molecule has 0 bridgehead atoms. The molecule has 1 N–H and O–H groups in total. The van der Waals surface area contributed by atoms with Crippen LogP contribution in [0.4, 0.5) is 0 Å². The Morgan fingerprint density at radius 1 is 1.32 bits per heavy atom. The number of hydrogen-bond acceptors (Lipinski definition) is 3. The molecule has 0 unspecified atom stereocenters. The van der Waals surface area contributed by atoms with E-state index in [0.717, 1.165) is 43.0 Å². The van der Waals surface area contributed by atoms with Gasteiger partial charge in [0.15, 0.2) is 0 Å². The minimum absolute atomic E-state index is 0.225. The van der Waals surface area contributed by atoms with Gasteiger partial charge in [-0.2, -0.15) is 5.26 Å². The van der Waals surface area contributed by atoms with Crippen LogP contribution in [0.2, 0.25) is 0 Å². The number of pyridine rings is 1. The van der Waals surface area contributed by atoms with Gasteiger partial charge in [0.25, 0.3) is 5.91 Å². The van der Waals surface area contributed by atoms with Crippen LogP contribution in [-0.2, 0) is 0 Å². The Morgan fingerprint density at radius 2 is 2.00 bits per heavy atom. The highest BCUT2D eigenvalue weighted by Gasteiger charge is 2.32. The molecule has 1 fully saturated rings. The summed E-state index contributed by atoms with van der Waals surface area (Å²) < 4.78 is 0.757. The van der Waals surface area contributed by atoms with Gasteiger partial charge in [-0.05, 0) is 34.8 Å². The number of nitrogens with zero attached hydrogens (tertiary/aromatic N) is 2. The summed E-state index contributed by atoms with van der Waals surface area (Å²) in [7, 11) is 0.